The lowest BCUT2D eigenvalue weighted by molar-refractivity contribution is 0.0912. The molecule has 0 radical (unpaired) electrons. The molecule has 1 atom stereocenters. The summed E-state index contributed by atoms with van der Waals surface area (Å²) < 4.78 is 5.59. The van der Waals surface area contributed by atoms with Crippen molar-refractivity contribution in [3.63, 3.8) is 0 Å². The summed E-state index contributed by atoms with van der Waals surface area (Å²) in [6, 6.07) is 7.86. The van der Waals surface area contributed by atoms with Crippen LogP contribution in [0.4, 0.5) is 0 Å². The number of furan rings is 1. The van der Waals surface area contributed by atoms with Gasteiger partial charge in [-0.25, -0.2) is 0 Å². The molecule has 0 spiro atoms. The summed E-state index contributed by atoms with van der Waals surface area (Å²) in [6.45, 7) is 5.93. The van der Waals surface area contributed by atoms with Gasteiger partial charge in [-0.2, -0.15) is 0 Å². The van der Waals surface area contributed by atoms with Crippen LogP contribution < -0.4 is 5.32 Å². The first-order chi connectivity index (χ1) is 8.13. The van der Waals surface area contributed by atoms with Crippen molar-refractivity contribution in [3.05, 3.63) is 35.6 Å². The van der Waals surface area contributed by atoms with Crippen LogP contribution in [0.3, 0.4) is 0 Å². The van der Waals surface area contributed by atoms with Crippen molar-refractivity contribution in [2.75, 3.05) is 0 Å². The van der Waals surface area contributed by atoms with Crippen LogP contribution in [0.2, 0.25) is 0 Å². The van der Waals surface area contributed by atoms with Crippen molar-refractivity contribution < 1.29 is 9.21 Å². The minimum atomic E-state index is -0.131. The van der Waals surface area contributed by atoms with Gasteiger partial charge in [0.1, 0.15) is 5.58 Å². The zero-order valence-electron chi connectivity index (χ0n) is 10.4. The zero-order chi connectivity index (χ0) is 12.4. The van der Waals surface area contributed by atoms with Crippen molar-refractivity contribution in [3.8, 4) is 0 Å². The fourth-order valence-corrected chi connectivity index (χ4v) is 1.78. The largest absolute Gasteiger partial charge is 0.451 e. The number of hydrogen-bond donors (Lipinski definition) is 1. The average molecular weight is 231 g/mol. The first kappa shape index (κ1) is 11.7. The molecule has 3 heteroatoms. The number of hydrogen-bond acceptors (Lipinski definition) is 2. The van der Waals surface area contributed by atoms with Gasteiger partial charge in [-0.05, 0) is 26.3 Å². The van der Waals surface area contributed by atoms with Crippen LogP contribution in [0.1, 0.15) is 36.4 Å². The highest BCUT2D eigenvalue weighted by Crippen LogP contribution is 2.24. The lowest BCUT2D eigenvalue weighted by Gasteiger charge is -2.09. The second-order valence-corrected chi connectivity index (χ2v) is 4.34. The highest BCUT2D eigenvalue weighted by molar-refractivity contribution is 5.98. The highest BCUT2D eigenvalue weighted by Gasteiger charge is 2.18. The summed E-state index contributed by atoms with van der Waals surface area (Å²) in [5, 5.41) is 3.92. The third kappa shape index (κ3) is 2.18. The van der Waals surface area contributed by atoms with E-state index in [0.717, 1.165) is 23.0 Å². The molecule has 0 aliphatic carbocycles. The van der Waals surface area contributed by atoms with Crippen molar-refractivity contribution in [1.82, 2.24) is 5.32 Å². The molecular weight excluding hydrogens is 214 g/mol. The van der Waals surface area contributed by atoms with Gasteiger partial charge in [0.05, 0.1) is 0 Å². The molecule has 0 aliphatic heterocycles. The Bertz CT molecular complexity index is 542. The molecule has 2 aromatic rings. The summed E-state index contributed by atoms with van der Waals surface area (Å²) >= 11 is 0. The minimum absolute atomic E-state index is 0.131. The molecule has 2 rings (SSSR count). The molecular formula is C14H17NO2. The van der Waals surface area contributed by atoms with Gasteiger partial charge >= 0.3 is 0 Å². The lowest BCUT2D eigenvalue weighted by atomic mass is 10.1. The van der Waals surface area contributed by atoms with Gasteiger partial charge in [-0.1, -0.05) is 25.1 Å². The maximum absolute atomic E-state index is 12.0. The Kier molecular flexibility index (Phi) is 3.18. The third-order valence-corrected chi connectivity index (χ3v) is 3.04. The molecule has 0 saturated carbocycles. The van der Waals surface area contributed by atoms with E-state index in [2.05, 4.69) is 5.32 Å². The number of nitrogens with one attached hydrogen (secondary N) is 1. The van der Waals surface area contributed by atoms with Crippen LogP contribution in [0.25, 0.3) is 11.0 Å². The lowest BCUT2D eigenvalue weighted by Crippen LogP contribution is -2.32. The van der Waals surface area contributed by atoms with Crippen LogP contribution in [0.5, 0.6) is 0 Å². The number of aryl methyl sites for hydroxylation is 1. The minimum Gasteiger partial charge on any atom is -0.451 e. The van der Waals surface area contributed by atoms with E-state index in [-0.39, 0.29) is 11.9 Å². The quantitative estimate of drug-likeness (QED) is 0.880. The van der Waals surface area contributed by atoms with Gasteiger partial charge in [0, 0.05) is 17.0 Å². The van der Waals surface area contributed by atoms with E-state index in [1.165, 1.54) is 0 Å². The normalized spacial score (nSPS) is 12.6. The number of carbonyl (C=O) groups is 1. The smallest absolute Gasteiger partial charge is 0.287 e. The summed E-state index contributed by atoms with van der Waals surface area (Å²) in [5.41, 5.74) is 1.67. The van der Waals surface area contributed by atoms with Gasteiger partial charge in [-0.15, -0.1) is 0 Å². The molecule has 17 heavy (non-hydrogen) atoms. The number of benzene rings is 1. The Morgan fingerprint density at radius 3 is 2.76 bits per heavy atom. The molecule has 1 unspecified atom stereocenters. The first-order valence-corrected chi connectivity index (χ1v) is 5.92. The van der Waals surface area contributed by atoms with Crippen LogP contribution in [0.15, 0.2) is 28.7 Å². The summed E-state index contributed by atoms with van der Waals surface area (Å²) in [7, 11) is 0. The van der Waals surface area contributed by atoms with E-state index in [9.17, 15) is 4.79 Å². The summed E-state index contributed by atoms with van der Waals surface area (Å²) in [4.78, 5) is 12.0. The Balaban J connectivity index is 2.35. The van der Waals surface area contributed by atoms with Crippen LogP contribution >= 0.6 is 0 Å². The number of fused-ring (bicyclic) bond motifs is 1. The maximum atomic E-state index is 12.0. The fraction of sp³-hybridized carbons (Fsp3) is 0.357. The van der Waals surface area contributed by atoms with Crippen molar-refractivity contribution in [2.45, 2.75) is 33.2 Å². The van der Waals surface area contributed by atoms with Crippen molar-refractivity contribution in [2.24, 2.45) is 0 Å². The Hall–Kier alpha value is -1.77. The number of amides is 1. The van der Waals surface area contributed by atoms with E-state index >= 15 is 0 Å². The number of para-hydroxylation sites is 1. The molecule has 1 heterocycles. The Morgan fingerprint density at radius 2 is 2.12 bits per heavy atom. The second-order valence-electron chi connectivity index (χ2n) is 4.34. The zero-order valence-corrected chi connectivity index (χ0v) is 10.4. The molecule has 1 N–H and O–H groups in total. The summed E-state index contributed by atoms with van der Waals surface area (Å²) in [6.07, 6.45) is 0.908. The predicted molar refractivity (Wildman–Crippen MR) is 68.2 cm³/mol. The fourth-order valence-electron chi connectivity index (χ4n) is 1.78. The molecule has 3 nitrogen and oxygen atoms in total. The molecule has 1 amide bonds. The molecule has 0 bridgehead atoms. The van der Waals surface area contributed by atoms with E-state index < -0.39 is 0 Å². The van der Waals surface area contributed by atoms with Crippen LogP contribution in [-0.4, -0.2) is 11.9 Å². The Labute approximate surface area is 101 Å². The van der Waals surface area contributed by atoms with Crippen molar-refractivity contribution in [1.29, 1.82) is 0 Å². The van der Waals surface area contributed by atoms with E-state index in [4.69, 9.17) is 4.42 Å². The number of carbonyl (C=O) groups excluding carboxylic acids is 1. The Morgan fingerprint density at radius 1 is 1.41 bits per heavy atom. The molecule has 0 fully saturated rings. The van der Waals surface area contributed by atoms with Gasteiger partial charge in [0.2, 0.25) is 0 Å². The third-order valence-electron chi connectivity index (χ3n) is 3.04. The van der Waals surface area contributed by atoms with Crippen molar-refractivity contribution >= 4 is 16.9 Å². The number of rotatable bonds is 3. The van der Waals surface area contributed by atoms with E-state index in [1.807, 2.05) is 45.0 Å². The predicted octanol–water partition coefficient (Wildman–Crippen LogP) is 3.27. The molecule has 0 aliphatic rings. The standard InChI is InChI=1S/C14H17NO2/c1-4-9(2)15-14(16)13-10(3)11-7-5-6-8-12(11)17-13/h5-9H,4H2,1-3H3,(H,15,16). The maximum Gasteiger partial charge on any atom is 0.287 e. The molecule has 1 aromatic heterocycles. The van der Waals surface area contributed by atoms with Gasteiger partial charge < -0.3 is 9.73 Å². The summed E-state index contributed by atoms with van der Waals surface area (Å²) in [5.74, 6) is 0.291. The topological polar surface area (TPSA) is 42.2 Å². The molecule has 90 valence electrons. The average Bonchev–Trinajstić information content (AvgIpc) is 2.67. The van der Waals surface area contributed by atoms with E-state index in [0.29, 0.717) is 5.76 Å². The first-order valence-electron chi connectivity index (χ1n) is 5.92. The van der Waals surface area contributed by atoms with Crippen LogP contribution in [-0.2, 0) is 0 Å². The molecule has 1 aromatic carbocycles. The van der Waals surface area contributed by atoms with E-state index in [1.54, 1.807) is 0 Å². The molecule has 0 saturated heterocycles. The highest BCUT2D eigenvalue weighted by atomic mass is 16.3. The van der Waals surface area contributed by atoms with Gasteiger partial charge in [-0.3, -0.25) is 4.79 Å². The second kappa shape index (κ2) is 4.62. The van der Waals surface area contributed by atoms with Gasteiger partial charge in [0.15, 0.2) is 5.76 Å². The van der Waals surface area contributed by atoms with Crippen LogP contribution in [0, 0.1) is 6.92 Å². The van der Waals surface area contributed by atoms with Gasteiger partial charge in [0.25, 0.3) is 5.91 Å². The monoisotopic (exact) mass is 231 g/mol. The SMILES string of the molecule is CCC(C)NC(=O)c1oc2ccccc2c1C.